The van der Waals surface area contributed by atoms with Crippen LogP contribution in [0, 0.1) is 0 Å². The van der Waals surface area contributed by atoms with Crippen LogP contribution in [0.4, 0.5) is 0 Å². The monoisotopic (exact) mass is 506 g/mol. The van der Waals surface area contributed by atoms with E-state index in [0.29, 0.717) is 11.3 Å². The number of esters is 1. The largest absolute Gasteiger partial charge is 0.497 e. The summed E-state index contributed by atoms with van der Waals surface area (Å²) < 4.78 is 15.8. The van der Waals surface area contributed by atoms with Gasteiger partial charge in [0.1, 0.15) is 11.5 Å². The first-order chi connectivity index (χ1) is 17.8. The number of carbonyl (C=O) groups is 2. The van der Waals surface area contributed by atoms with Gasteiger partial charge in [-0.25, -0.2) is 9.59 Å². The number of carbonyl (C=O) groups excluding carboxylic acids is 1. The Balaban J connectivity index is 0.000000266. The van der Waals surface area contributed by atoms with Gasteiger partial charge in [-0.05, 0) is 47.5 Å². The molecule has 4 rings (SSSR count). The minimum atomic E-state index is -0.819. The van der Waals surface area contributed by atoms with Crippen molar-refractivity contribution in [3.8, 4) is 11.5 Å². The maximum absolute atomic E-state index is 12.8. The van der Waals surface area contributed by atoms with Crippen LogP contribution in [-0.2, 0) is 22.5 Å². The second-order valence-electron chi connectivity index (χ2n) is 7.81. The molecule has 0 atom stereocenters. The maximum Gasteiger partial charge on any atom is 0.338 e. The first-order valence-corrected chi connectivity index (χ1v) is 11.1. The molecule has 10 heteroatoms. The quantitative estimate of drug-likeness (QED) is 0.365. The van der Waals surface area contributed by atoms with Gasteiger partial charge < -0.3 is 24.3 Å². The van der Waals surface area contributed by atoms with Gasteiger partial charge in [0, 0.05) is 0 Å². The highest BCUT2D eigenvalue weighted by Gasteiger charge is 2.16. The molecule has 1 aromatic heterocycles. The van der Waals surface area contributed by atoms with Crippen molar-refractivity contribution in [2.45, 2.75) is 13.0 Å². The molecule has 2 N–H and O–H groups in total. The summed E-state index contributed by atoms with van der Waals surface area (Å²) in [5.74, 6) is -0.0356. The summed E-state index contributed by atoms with van der Waals surface area (Å²) >= 11 is 0. The smallest absolute Gasteiger partial charge is 0.338 e. The molecule has 0 saturated heterocycles. The van der Waals surface area contributed by atoms with E-state index < -0.39 is 23.2 Å². The van der Waals surface area contributed by atoms with E-state index in [-0.39, 0.29) is 23.9 Å². The van der Waals surface area contributed by atoms with Gasteiger partial charge in [0.2, 0.25) is 0 Å². The van der Waals surface area contributed by atoms with Crippen molar-refractivity contribution in [1.82, 2.24) is 9.55 Å². The molecular weight excluding hydrogens is 480 g/mol. The zero-order chi connectivity index (χ0) is 26.9. The van der Waals surface area contributed by atoms with Crippen molar-refractivity contribution in [1.29, 1.82) is 0 Å². The number of aromatic nitrogens is 2. The SMILES string of the molecule is COC(=O)c1cccc2[nH]c(=O)n(Cc3ccc(OC)cc3)c(=O)c12.COc1ccc(CC(=O)O)cc1. The number of nitrogens with one attached hydrogen (secondary N) is 1. The van der Waals surface area contributed by atoms with Crippen LogP contribution in [0.15, 0.2) is 76.3 Å². The normalized spacial score (nSPS) is 10.2. The van der Waals surface area contributed by atoms with Gasteiger partial charge in [0.25, 0.3) is 5.56 Å². The van der Waals surface area contributed by atoms with E-state index in [2.05, 4.69) is 4.98 Å². The molecule has 10 nitrogen and oxygen atoms in total. The molecule has 0 saturated carbocycles. The number of ether oxygens (including phenoxy) is 3. The standard InChI is InChI=1S/C18H16N2O5.C9H10O3/c1-24-12-8-6-11(7-9-12)10-20-16(21)15-13(17(22)25-2)4-3-5-14(15)19-18(20)23;1-12-8-4-2-7(3-5-8)6-9(10)11/h3-9H,10H2,1-2H3,(H,19,23);2-5H,6H2,1H3,(H,10,11). The molecule has 192 valence electrons. The van der Waals surface area contributed by atoms with Gasteiger partial charge in [-0.3, -0.25) is 14.2 Å². The Morgan fingerprint density at radius 1 is 0.838 bits per heavy atom. The zero-order valence-corrected chi connectivity index (χ0v) is 20.5. The molecule has 0 radical (unpaired) electrons. The second kappa shape index (κ2) is 12.2. The summed E-state index contributed by atoms with van der Waals surface area (Å²) in [6.07, 6.45) is 0.0595. The molecule has 4 aromatic rings. The van der Waals surface area contributed by atoms with Crippen molar-refractivity contribution < 1.29 is 28.9 Å². The van der Waals surface area contributed by atoms with Crippen molar-refractivity contribution in [2.24, 2.45) is 0 Å². The molecule has 0 spiro atoms. The lowest BCUT2D eigenvalue weighted by Crippen LogP contribution is -2.36. The van der Waals surface area contributed by atoms with E-state index in [1.54, 1.807) is 74.9 Å². The minimum Gasteiger partial charge on any atom is -0.497 e. The number of aliphatic carboxylic acids is 1. The van der Waals surface area contributed by atoms with E-state index in [1.807, 2.05) is 0 Å². The third-order valence-electron chi connectivity index (χ3n) is 5.43. The first kappa shape index (κ1) is 26.7. The third kappa shape index (κ3) is 6.63. The average Bonchev–Trinajstić information content (AvgIpc) is 2.91. The number of hydrogen-bond acceptors (Lipinski definition) is 7. The van der Waals surface area contributed by atoms with E-state index >= 15 is 0 Å². The molecule has 0 unspecified atom stereocenters. The highest BCUT2D eigenvalue weighted by molar-refractivity contribution is 6.02. The Hall–Kier alpha value is -4.86. The van der Waals surface area contributed by atoms with Crippen LogP contribution < -0.4 is 20.7 Å². The van der Waals surface area contributed by atoms with Gasteiger partial charge in [-0.1, -0.05) is 30.3 Å². The van der Waals surface area contributed by atoms with Crippen molar-refractivity contribution in [3.05, 3.63) is 104 Å². The average molecular weight is 507 g/mol. The number of carboxylic acid groups (broad SMARTS) is 1. The molecule has 0 amide bonds. The van der Waals surface area contributed by atoms with Gasteiger partial charge in [0.05, 0.1) is 50.8 Å². The minimum absolute atomic E-state index is 0.0595. The second-order valence-corrected chi connectivity index (χ2v) is 7.81. The number of benzene rings is 3. The summed E-state index contributed by atoms with van der Waals surface area (Å²) in [5, 5.41) is 8.59. The molecule has 1 heterocycles. The number of rotatable bonds is 7. The summed E-state index contributed by atoms with van der Waals surface area (Å²) in [6, 6.07) is 18.6. The van der Waals surface area contributed by atoms with Crippen LogP contribution in [0.25, 0.3) is 10.9 Å². The van der Waals surface area contributed by atoms with Gasteiger partial charge in [-0.15, -0.1) is 0 Å². The molecule has 0 fully saturated rings. The first-order valence-electron chi connectivity index (χ1n) is 11.1. The molecular formula is C27H26N2O8. The number of methoxy groups -OCH3 is 3. The topological polar surface area (TPSA) is 137 Å². The lowest BCUT2D eigenvalue weighted by Gasteiger charge is -2.09. The third-order valence-corrected chi connectivity index (χ3v) is 5.43. The van der Waals surface area contributed by atoms with Crippen molar-refractivity contribution in [2.75, 3.05) is 21.3 Å². The number of aromatic amines is 1. The van der Waals surface area contributed by atoms with E-state index in [1.165, 1.54) is 13.2 Å². The number of carboxylic acids is 1. The fourth-order valence-corrected chi connectivity index (χ4v) is 3.55. The molecule has 37 heavy (non-hydrogen) atoms. The lowest BCUT2D eigenvalue weighted by atomic mass is 10.1. The van der Waals surface area contributed by atoms with Crippen LogP contribution in [0.1, 0.15) is 21.5 Å². The summed E-state index contributed by atoms with van der Waals surface area (Å²) in [7, 11) is 4.37. The Bertz CT molecular complexity index is 1500. The van der Waals surface area contributed by atoms with Crippen LogP contribution in [0.2, 0.25) is 0 Å². The summed E-state index contributed by atoms with van der Waals surface area (Å²) in [5.41, 5.74) is 0.853. The Morgan fingerprint density at radius 3 is 1.92 bits per heavy atom. The Labute approximate surface area is 211 Å². The Kier molecular flexibility index (Phi) is 8.82. The molecule has 0 aliphatic heterocycles. The van der Waals surface area contributed by atoms with Crippen molar-refractivity contribution >= 4 is 22.8 Å². The fourth-order valence-electron chi connectivity index (χ4n) is 3.55. The predicted molar refractivity (Wildman–Crippen MR) is 137 cm³/mol. The number of nitrogens with zero attached hydrogens (tertiary/aromatic N) is 1. The van der Waals surface area contributed by atoms with Crippen molar-refractivity contribution in [3.63, 3.8) is 0 Å². The molecule has 0 aliphatic carbocycles. The van der Waals surface area contributed by atoms with E-state index in [0.717, 1.165) is 21.4 Å². The van der Waals surface area contributed by atoms with Gasteiger partial charge in [-0.2, -0.15) is 0 Å². The summed E-state index contributed by atoms with van der Waals surface area (Å²) in [4.78, 5) is 50.0. The van der Waals surface area contributed by atoms with Crippen LogP contribution in [0.3, 0.4) is 0 Å². The van der Waals surface area contributed by atoms with Crippen LogP contribution >= 0.6 is 0 Å². The predicted octanol–water partition coefficient (Wildman–Crippen LogP) is 2.86. The highest BCUT2D eigenvalue weighted by Crippen LogP contribution is 2.15. The van der Waals surface area contributed by atoms with E-state index in [9.17, 15) is 19.2 Å². The fraction of sp³-hybridized carbons (Fsp3) is 0.185. The maximum atomic E-state index is 12.8. The highest BCUT2D eigenvalue weighted by atomic mass is 16.5. The molecule has 0 aliphatic rings. The number of fused-ring (bicyclic) bond motifs is 1. The number of hydrogen-bond donors (Lipinski definition) is 2. The van der Waals surface area contributed by atoms with Gasteiger partial charge >= 0.3 is 17.6 Å². The lowest BCUT2D eigenvalue weighted by molar-refractivity contribution is -0.136. The zero-order valence-electron chi connectivity index (χ0n) is 20.5. The number of H-pyrrole nitrogens is 1. The van der Waals surface area contributed by atoms with Crippen LogP contribution in [-0.4, -0.2) is 47.9 Å². The Morgan fingerprint density at radius 2 is 1.41 bits per heavy atom. The van der Waals surface area contributed by atoms with E-state index in [4.69, 9.17) is 19.3 Å². The molecule has 3 aromatic carbocycles. The van der Waals surface area contributed by atoms with Gasteiger partial charge in [0.15, 0.2) is 0 Å². The van der Waals surface area contributed by atoms with Crippen LogP contribution in [0.5, 0.6) is 11.5 Å². The molecule has 0 bridgehead atoms. The summed E-state index contributed by atoms with van der Waals surface area (Å²) in [6.45, 7) is 0.0730.